The van der Waals surface area contributed by atoms with Crippen molar-refractivity contribution in [3.8, 4) is 0 Å². The summed E-state index contributed by atoms with van der Waals surface area (Å²) in [5.41, 5.74) is -1.34. The molecule has 0 bridgehead atoms. The predicted octanol–water partition coefficient (Wildman–Crippen LogP) is 2.80. The van der Waals surface area contributed by atoms with Crippen molar-refractivity contribution in [3.05, 3.63) is 32.7 Å². The van der Waals surface area contributed by atoms with Crippen LogP contribution in [0.5, 0.6) is 0 Å². The molecule has 1 saturated carbocycles. The number of nitrogens with zero attached hydrogens (tertiary/aromatic N) is 1. The first-order chi connectivity index (χ1) is 13.4. The maximum atomic E-state index is 13.3. The van der Waals surface area contributed by atoms with Crippen molar-refractivity contribution in [2.45, 2.75) is 58.9 Å². The Hall–Kier alpha value is -2.64. The molecule has 1 heterocycles. The third kappa shape index (κ3) is 4.10. The van der Waals surface area contributed by atoms with Crippen molar-refractivity contribution < 1.29 is 28.6 Å². The standard InChI is InChI=1S/C20H27NO7/c1-5-27-19(24)15-14(18(23)26-4)12(3)21(13-10-8-7-9-11-13)17(22)16(15)20(25)28-6-2/h13H,5-11H2,1-4H3. The Bertz CT molecular complexity index is 819. The number of esters is 3. The van der Waals surface area contributed by atoms with E-state index in [-0.39, 0.29) is 30.4 Å². The molecule has 8 nitrogen and oxygen atoms in total. The second-order valence-corrected chi connectivity index (χ2v) is 6.61. The van der Waals surface area contributed by atoms with Gasteiger partial charge in [-0.2, -0.15) is 0 Å². The summed E-state index contributed by atoms with van der Waals surface area (Å²) in [5.74, 6) is -2.69. The summed E-state index contributed by atoms with van der Waals surface area (Å²) in [6.45, 7) is 4.81. The second-order valence-electron chi connectivity index (χ2n) is 6.61. The smallest absolute Gasteiger partial charge is 0.344 e. The fourth-order valence-corrected chi connectivity index (χ4v) is 3.74. The highest BCUT2D eigenvalue weighted by molar-refractivity contribution is 6.10. The minimum atomic E-state index is -0.953. The molecule has 0 N–H and O–H groups in total. The molecule has 0 saturated heterocycles. The van der Waals surface area contributed by atoms with Gasteiger partial charge in [0.1, 0.15) is 5.56 Å². The van der Waals surface area contributed by atoms with E-state index in [9.17, 15) is 19.2 Å². The normalized spacial score (nSPS) is 14.4. The zero-order valence-corrected chi connectivity index (χ0v) is 16.8. The van der Waals surface area contributed by atoms with Gasteiger partial charge in [0.25, 0.3) is 5.56 Å². The van der Waals surface area contributed by atoms with Gasteiger partial charge in [-0.3, -0.25) is 4.79 Å². The third-order valence-corrected chi connectivity index (χ3v) is 4.94. The first-order valence-corrected chi connectivity index (χ1v) is 9.60. The highest BCUT2D eigenvalue weighted by Gasteiger charge is 2.35. The number of ether oxygens (including phenoxy) is 3. The van der Waals surface area contributed by atoms with Gasteiger partial charge < -0.3 is 18.8 Å². The first kappa shape index (κ1) is 21.7. The number of rotatable bonds is 6. The van der Waals surface area contributed by atoms with Gasteiger partial charge in [-0.05, 0) is 33.6 Å². The quantitative estimate of drug-likeness (QED) is 0.541. The van der Waals surface area contributed by atoms with E-state index in [1.54, 1.807) is 20.8 Å². The Morgan fingerprint density at radius 2 is 1.43 bits per heavy atom. The Labute approximate surface area is 163 Å². The largest absolute Gasteiger partial charge is 0.465 e. The SMILES string of the molecule is CCOC(=O)c1c(C(=O)OC)c(C)n(C2CCCCC2)c(=O)c1C(=O)OCC. The average molecular weight is 393 g/mol. The molecule has 154 valence electrons. The van der Waals surface area contributed by atoms with Crippen LogP contribution in [0.3, 0.4) is 0 Å². The Morgan fingerprint density at radius 3 is 1.93 bits per heavy atom. The van der Waals surface area contributed by atoms with Gasteiger partial charge in [0.05, 0.1) is 31.5 Å². The van der Waals surface area contributed by atoms with E-state index >= 15 is 0 Å². The van der Waals surface area contributed by atoms with Gasteiger partial charge in [0.15, 0.2) is 0 Å². The van der Waals surface area contributed by atoms with E-state index in [0.29, 0.717) is 5.69 Å². The molecule has 0 aromatic carbocycles. The van der Waals surface area contributed by atoms with Crippen LogP contribution in [0.15, 0.2) is 4.79 Å². The average Bonchev–Trinajstić information content (AvgIpc) is 2.68. The van der Waals surface area contributed by atoms with Crippen LogP contribution in [0.4, 0.5) is 0 Å². The molecule has 1 fully saturated rings. The minimum Gasteiger partial charge on any atom is -0.465 e. The van der Waals surface area contributed by atoms with Crippen LogP contribution in [0.2, 0.25) is 0 Å². The van der Waals surface area contributed by atoms with Crippen LogP contribution in [0.25, 0.3) is 0 Å². The van der Waals surface area contributed by atoms with Crippen LogP contribution < -0.4 is 5.56 Å². The highest BCUT2D eigenvalue weighted by atomic mass is 16.5. The van der Waals surface area contributed by atoms with Gasteiger partial charge in [-0.15, -0.1) is 0 Å². The zero-order valence-electron chi connectivity index (χ0n) is 16.8. The summed E-state index contributed by atoms with van der Waals surface area (Å²) in [4.78, 5) is 51.1. The third-order valence-electron chi connectivity index (χ3n) is 4.94. The molecule has 0 unspecified atom stereocenters. The lowest BCUT2D eigenvalue weighted by molar-refractivity contribution is 0.0465. The molecular weight excluding hydrogens is 366 g/mol. The molecule has 0 amide bonds. The van der Waals surface area contributed by atoms with Gasteiger partial charge in [0, 0.05) is 11.7 Å². The van der Waals surface area contributed by atoms with E-state index in [1.807, 2.05) is 0 Å². The number of methoxy groups -OCH3 is 1. The summed E-state index contributed by atoms with van der Waals surface area (Å²) in [6, 6.07) is -0.158. The molecule has 1 aromatic rings. The summed E-state index contributed by atoms with van der Waals surface area (Å²) in [7, 11) is 1.18. The molecule has 8 heteroatoms. The van der Waals surface area contributed by atoms with Gasteiger partial charge in [0.2, 0.25) is 0 Å². The van der Waals surface area contributed by atoms with E-state index in [0.717, 1.165) is 32.1 Å². The minimum absolute atomic E-state index is 0.0192. The molecule has 0 atom stereocenters. The Kier molecular flexibility index (Phi) is 7.37. The lowest BCUT2D eigenvalue weighted by atomic mass is 9.93. The van der Waals surface area contributed by atoms with Crippen LogP contribution >= 0.6 is 0 Å². The van der Waals surface area contributed by atoms with E-state index in [1.165, 1.54) is 11.7 Å². The van der Waals surface area contributed by atoms with Crippen molar-refractivity contribution >= 4 is 17.9 Å². The summed E-state index contributed by atoms with van der Waals surface area (Å²) in [6.07, 6.45) is 4.46. The molecular formula is C20H27NO7. The Balaban J connectivity index is 2.88. The lowest BCUT2D eigenvalue weighted by Crippen LogP contribution is -2.38. The van der Waals surface area contributed by atoms with E-state index in [4.69, 9.17) is 14.2 Å². The van der Waals surface area contributed by atoms with Gasteiger partial charge in [-0.1, -0.05) is 19.3 Å². The van der Waals surface area contributed by atoms with Gasteiger partial charge in [-0.25, -0.2) is 14.4 Å². The van der Waals surface area contributed by atoms with Crippen molar-refractivity contribution in [1.29, 1.82) is 0 Å². The number of pyridine rings is 1. The number of hydrogen-bond acceptors (Lipinski definition) is 7. The van der Waals surface area contributed by atoms with E-state index < -0.39 is 29.0 Å². The number of aromatic nitrogens is 1. The topological polar surface area (TPSA) is 101 Å². The van der Waals surface area contributed by atoms with Crippen LogP contribution in [-0.2, 0) is 14.2 Å². The monoisotopic (exact) mass is 393 g/mol. The maximum absolute atomic E-state index is 13.3. The molecule has 1 aliphatic carbocycles. The lowest BCUT2D eigenvalue weighted by Gasteiger charge is -2.28. The molecule has 0 spiro atoms. The van der Waals surface area contributed by atoms with Crippen LogP contribution in [0, 0.1) is 6.92 Å². The van der Waals surface area contributed by atoms with Crippen molar-refractivity contribution in [2.24, 2.45) is 0 Å². The van der Waals surface area contributed by atoms with Crippen molar-refractivity contribution in [1.82, 2.24) is 4.57 Å². The summed E-state index contributed by atoms with van der Waals surface area (Å²) < 4.78 is 16.3. The fraction of sp³-hybridized carbons (Fsp3) is 0.600. The molecule has 0 aliphatic heterocycles. The fourth-order valence-electron chi connectivity index (χ4n) is 3.74. The first-order valence-electron chi connectivity index (χ1n) is 9.60. The maximum Gasteiger partial charge on any atom is 0.344 e. The van der Waals surface area contributed by atoms with Crippen LogP contribution in [0.1, 0.15) is 88.8 Å². The zero-order chi connectivity index (χ0) is 20.8. The Morgan fingerprint density at radius 1 is 0.893 bits per heavy atom. The van der Waals surface area contributed by atoms with Gasteiger partial charge >= 0.3 is 17.9 Å². The number of carbonyl (C=O) groups is 3. The molecule has 2 rings (SSSR count). The van der Waals surface area contributed by atoms with E-state index in [2.05, 4.69) is 0 Å². The molecule has 28 heavy (non-hydrogen) atoms. The number of carbonyl (C=O) groups excluding carboxylic acids is 3. The highest BCUT2D eigenvalue weighted by Crippen LogP contribution is 2.30. The molecule has 1 aromatic heterocycles. The second kappa shape index (κ2) is 9.52. The summed E-state index contributed by atoms with van der Waals surface area (Å²) >= 11 is 0. The van der Waals surface area contributed by atoms with Crippen LogP contribution in [-0.4, -0.2) is 42.8 Å². The van der Waals surface area contributed by atoms with Crippen molar-refractivity contribution in [2.75, 3.05) is 20.3 Å². The summed E-state index contributed by atoms with van der Waals surface area (Å²) in [5, 5.41) is 0. The van der Waals surface area contributed by atoms with Crippen molar-refractivity contribution in [3.63, 3.8) is 0 Å². The molecule has 0 radical (unpaired) electrons. The number of hydrogen-bond donors (Lipinski definition) is 0. The molecule has 1 aliphatic rings. The predicted molar refractivity (Wildman–Crippen MR) is 101 cm³/mol.